The van der Waals surface area contributed by atoms with Crippen LogP contribution in [-0.4, -0.2) is 43.3 Å². The van der Waals surface area contributed by atoms with Gasteiger partial charge in [-0.05, 0) is 44.4 Å². The van der Waals surface area contributed by atoms with Crippen LogP contribution in [0.3, 0.4) is 0 Å². The number of sulfonamides is 1. The fraction of sp³-hybridized carbons (Fsp3) is 0.412. The highest BCUT2D eigenvalue weighted by atomic mass is 32.2. The number of nitrogens with zero attached hydrogens (tertiary/aromatic N) is 2. The maximum absolute atomic E-state index is 12.7. The summed E-state index contributed by atoms with van der Waals surface area (Å²) >= 11 is 0. The quantitative estimate of drug-likeness (QED) is 0.915. The average molecular weight is 347 g/mol. The van der Waals surface area contributed by atoms with Crippen molar-refractivity contribution in [3.8, 4) is 0 Å². The van der Waals surface area contributed by atoms with E-state index >= 15 is 0 Å². The van der Waals surface area contributed by atoms with Gasteiger partial charge in [0.15, 0.2) is 0 Å². The third-order valence-electron chi connectivity index (χ3n) is 4.22. The van der Waals surface area contributed by atoms with Gasteiger partial charge in [-0.15, -0.1) is 0 Å². The molecule has 1 saturated heterocycles. The first kappa shape index (κ1) is 16.9. The Morgan fingerprint density at radius 1 is 1.29 bits per heavy atom. The van der Waals surface area contributed by atoms with E-state index in [2.05, 4.69) is 9.71 Å². The fourth-order valence-electron chi connectivity index (χ4n) is 3.02. The van der Waals surface area contributed by atoms with Crippen LogP contribution in [0.5, 0.6) is 0 Å². The van der Waals surface area contributed by atoms with Crippen LogP contribution in [0.15, 0.2) is 35.4 Å². The minimum Gasteiger partial charge on any atom is -0.341 e. The monoisotopic (exact) mass is 347 g/mol. The van der Waals surface area contributed by atoms with E-state index in [-0.39, 0.29) is 10.8 Å². The number of carbonyl (C=O) groups excluding carboxylic acids is 1. The van der Waals surface area contributed by atoms with Crippen molar-refractivity contribution in [2.24, 2.45) is 0 Å². The Hall–Kier alpha value is -1.99. The largest absolute Gasteiger partial charge is 0.341 e. The molecule has 0 radical (unpaired) electrons. The molecule has 0 spiro atoms. The van der Waals surface area contributed by atoms with E-state index in [1.807, 2.05) is 19.1 Å². The maximum Gasteiger partial charge on any atom is 0.243 e. The number of pyridine rings is 1. The van der Waals surface area contributed by atoms with Crippen molar-refractivity contribution in [2.75, 3.05) is 13.1 Å². The number of likely N-dealkylation sites (tertiary alicyclic amines) is 1. The molecule has 0 unspecified atom stereocenters. The van der Waals surface area contributed by atoms with Gasteiger partial charge in [0.1, 0.15) is 4.90 Å². The van der Waals surface area contributed by atoms with Crippen molar-refractivity contribution in [3.05, 3.63) is 36.0 Å². The minimum absolute atomic E-state index is 0.0982. The number of para-hydroxylation sites is 1. The molecule has 7 heteroatoms. The van der Waals surface area contributed by atoms with Crippen molar-refractivity contribution in [3.63, 3.8) is 0 Å². The van der Waals surface area contributed by atoms with Crippen molar-refractivity contribution >= 4 is 26.8 Å². The van der Waals surface area contributed by atoms with Gasteiger partial charge in [-0.25, -0.2) is 8.42 Å². The molecular formula is C17H21N3O3S. The maximum atomic E-state index is 12.7. The molecule has 2 heterocycles. The van der Waals surface area contributed by atoms with Gasteiger partial charge in [-0.2, -0.15) is 4.72 Å². The third-order valence-corrected chi connectivity index (χ3v) is 5.79. The first-order chi connectivity index (χ1) is 11.4. The van der Waals surface area contributed by atoms with Crippen LogP contribution in [0.2, 0.25) is 0 Å². The second-order valence-electron chi connectivity index (χ2n) is 6.22. The van der Waals surface area contributed by atoms with E-state index in [1.54, 1.807) is 24.1 Å². The number of aryl methyl sites for hydroxylation is 1. The van der Waals surface area contributed by atoms with Gasteiger partial charge in [0.2, 0.25) is 15.9 Å². The van der Waals surface area contributed by atoms with Crippen molar-refractivity contribution < 1.29 is 13.2 Å². The first-order valence-corrected chi connectivity index (χ1v) is 9.53. The van der Waals surface area contributed by atoms with Gasteiger partial charge in [-0.3, -0.25) is 9.78 Å². The molecule has 0 saturated carbocycles. The summed E-state index contributed by atoms with van der Waals surface area (Å²) < 4.78 is 28.0. The molecule has 1 aromatic heterocycles. The Morgan fingerprint density at radius 3 is 2.71 bits per heavy atom. The van der Waals surface area contributed by atoms with E-state index < -0.39 is 16.1 Å². The number of fused-ring (bicyclic) bond motifs is 1. The van der Waals surface area contributed by atoms with Crippen LogP contribution < -0.4 is 4.72 Å². The Bertz CT molecular complexity index is 874. The lowest BCUT2D eigenvalue weighted by molar-refractivity contribution is -0.131. The van der Waals surface area contributed by atoms with Crippen LogP contribution in [-0.2, 0) is 14.8 Å². The first-order valence-electron chi connectivity index (χ1n) is 8.05. The van der Waals surface area contributed by atoms with E-state index in [0.29, 0.717) is 18.6 Å². The summed E-state index contributed by atoms with van der Waals surface area (Å²) in [6, 6.07) is 6.12. The summed E-state index contributed by atoms with van der Waals surface area (Å²) in [5.74, 6) is -0.180. The second-order valence-corrected chi connectivity index (χ2v) is 7.90. The molecule has 24 heavy (non-hydrogen) atoms. The van der Waals surface area contributed by atoms with Gasteiger partial charge in [0, 0.05) is 24.7 Å². The topological polar surface area (TPSA) is 79.4 Å². The van der Waals surface area contributed by atoms with Crippen molar-refractivity contribution in [1.82, 2.24) is 14.6 Å². The molecule has 3 rings (SSSR count). The summed E-state index contributed by atoms with van der Waals surface area (Å²) in [5.41, 5.74) is 1.37. The predicted molar refractivity (Wildman–Crippen MR) is 92.1 cm³/mol. The zero-order chi connectivity index (χ0) is 17.3. The zero-order valence-electron chi connectivity index (χ0n) is 13.8. The van der Waals surface area contributed by atoms with Crippen molar-refractivity contribution in [2.45, 2.75) is 37.6 Å². The second kappa shape index (κ2) is 6.49. The number of rotatable bonds is 4. The Labute approximate surface area is 141 Å². The lowest BCUT2D eigenvalue weighted by atomic mass is 10.2. The highest BCUT2D eigenvalue weighted by Crippen LogP contribution is 2.22. The molecule has 2 aromatic rings. The van der Waals surface area contributed by atoms with Crippen molar-refractivity contribution in [1.29, 1.82) is 0 Å². The molecule has 6 nitrogen and oxygen atoms in total. The fourth-order valence-corrected chi connectivity index (χ4v) is 4.39. The highest BCUT2D eigenvalue weighted by molar-refractivity contribution is 7.89. The number of carbonyl (C=O) groups is 1. The van der Waals surface area contributed by atoms with Crippen LogP contribution >= 0.6 is 0 Å². The third kappa shape index (κ3) is 3.27. The summed E-state index contributed by atoms with van der Waals surface area (Å²) in [4.78, 5) is 18.4. The predicted octanol–water partition coefficient (Wildman–Crippen LogP) is 1.83. The van der Waals surface area contributed by atoms with E-state index in [0.717, 1.165) is 23.8 Å². The number of hydrogen-bond acceptors (Lipinski definition) is 4. The normalized spacial score (nSPS) is 16.5. The number of nitrogens with one attached hydrogen (secondary N) is 1. The van der Waals surface area contributed by atoms with E-state index in [4.69, 9.17) is 0 Å². The van der Waals surface area contributed by atoms with Crippen LogP contribution in [0, 0.1) is 6.92 Å². The molecule has 1 aliphatic rings. The number of hydrogen-bond donors (Lipinski definition) is 1. The molecule has 128 valence electrons. The molecule has 1 amide bonds. The van der Waals surface area contributed by atoms with Crippen LogP contribution in [0.4, 0.5) is 0 Å². The summed E-state index contributed by atoms with van der Waals surface area (Å²) in [6.07, 6.45) is 3.58. The average Bonchev–Trinajstić information content (AvgIpc) is 3.07. The molecule has 1 atom stereocenters. The van der Waals surface area contributed by atoms with Crippen LogP contribution in [0.1, 0.15) is 25.3 Å². The molecule has 1 aliphatic heterocycles. The summed E-state index contributed by atoms with van der Waals surface area (Å²) in [7, 11) is -3.83. The number of amides is 1. The number of benzene rings is 1. The van der Waals surface area contributed by atoms with E-state index in [9.17, 15) is 13.2 Å². The lowest BCUT2D eigenvalue weighted by Crippen LogP contribution is -2.45. The Morgan fingerprint density at radius 2 is 2.00 bits per heavy atom. The van der Waals surface area contributed by atoms with Gasteiger partial charge in [0.25, 0.3) is 0 Å². The Kier molecular flexibility index (Phi) is 4.56. The molecule has 1 N–H and O–H groups in total. The highest BCUT2D eigenvalue weighted by Gasteiger charge is 2.28. The molecule has 0 aliphatic carbocycles. The zero-order valence-corrected chi connectivity index (χ0v) is 14.6. The van der Waals surface area contributed by atoms with Gasteiger partial charge in [-0.1, -0.05) is 12.1 Å². The van der Waals surface area contributed by atoms with Gasteiger partial charge in [0.05, 0.1) is 11.6 Å². The molecule has 0 bridgehead atoms. The minimum atomic E-state index is -3.83. The smallest absolute Gasteiger partial charge is 0.243 e. The standard InChI is InChI=1S/C17H21N3O3S/c1-12-10-14-6-5-7-15(16(14)18-11-12)24(22,23)19-13(2)17(21)20-8-3-4-9-20/h5-7,10-11,13,19H,3-4,8-9H2,1-2H3/t13-/m0/s1. The summed E-state index contributed by atoms with van der Waals surface area (Å²) in [6.45, 7) is 4.88. The number of aromatic nitrogens is 1. The van der Waals surface area contributed by atoms with Gasteiger partial charge < -0.3 is 4.90 Å². The Balaban J connectivity index is 1.89. The molecule has 1 aromatic carbocycles. The van der Waals surface area contributed by atoms with Gasteiger partial charge >= 0.3 is 0 Å². The molecular weight excluding hydrogens is 326 g/mol. The lowest BCUT2D eigenvalue weighted by Gasteiger charge is -2.21. The summed E-state index contributed by atoms with van der Waals surface area (Å²) in [5, 5.41) is 0.761. The van der Waals surface area contributed by atoms with Crippen LogP contribution in [0.25, 0.3) is 10.9 Å². The molecule has 1 fully saturated rings. The SMILES string of the molecule is Cc1cnc2c(S(=O)(=O)N[C@@H](C)C(=O)N3CCCC3)cccc2c1. The van der Waals surface area contributed by atoms with E-state index in [1.165, 1.54) is 6.07 Å².